The van der Waals surface area contributed by atoms with Crippen LogP contribution in [0.15, 0.2) is 24.3 Å². The van der Waals surface area contributed by atoms with Gasteiger partial charge in [0.05, 0.1) is 7.11 Å². The van der Waals surface area contributed by atoms with E-state index in [9.17, 15) is 4.79 Å². The Morgan fingerprint density at radius 2 is 1.85 bits per heavy atom. The summed E-state index contributed by atoms with van der Waals surface area (Å²) in [5.41, 5.74) is 6.24. The number of piperazine rings is 1. The molecule has 1 aromatic carbocycles. The summed E-state index contributed by atoms with van der Waals surface area (Å²) in [7, 11) is 1.62. The lowest BCUT2D eigenvalue weighted by molar-refractivity contribution is 0.0636. The molecule has 2 rings (SSSR count). The number of ether oxygens (including phenoxy) is 1. The highest BCUT2D eigenvalue weighted by atomic mass is 16.5. The van der Waals surface area contributed by atoms with Crippen LogP contribution in [0.3, 0.4) is 0 Å². The second kappa shape index (κ2) is 7.26. The van der Waals surface area contributed by atoms with E-state index in [0.717, 1.165) is 57.0 Å². The van der Waals surface area contributed by atoms with Crippen molar-refractivity contribution in [2.75, 3.05) is 46.4 Å². The predicted molar refractivity (Wildman–Crippen MR) is 79.0 cm³/mol. The maximum Gasteiger partial charge on any atom is 0.253 e. The second-order valence-electron chi connectivity index (χ2n) is 5.00. The highest BCUT2D eigenvalue weighted by Gasteiger charge is 2.21. The zero-order valence-electron chi connectivity index (χ0n) is 12.0. The zero-order valence-corrected chi connectivity index (χ0v) is 12.0. The van der Waals surface area contributed by atoms with E-state index in [2.05, 4.69) is 4.90 Å². The third-order valence-electron chi connectivity index (χ3n) is 3.67. The molecule has 0 unspecified atom stereocenters. The van der Waals surface area contributed by atoms with Crippen LogP contribution in [-0.2, 0) is 0 Å². The van der Waals surface area contributed by atoms with E-state index in [0.29, 0.717) is 0 Å². The summed E-state index contributed by atoms with van der Waals surface area (Å²) < 4.78 is 5.10. The normalized spacial score (nSPS) is 16.2. The average Bonchev–Trinajstić information content (AvgIpc) is 2.53. The van der Waals surface area contributed by atoms with Crippen molar-refractivity contribution in [2.45, 2.75) is 6.42 Å². The van der Waals surface area contributed by atoms with Crippen LogP contribution in [0.2, 0.25) is 0 Å². The maximum atomic E-state index is 12.4. The summed E-state index contributed by atoms with van der Waals surface area (Å²) in [5.74, 6) is 0.874. The fraction of sp³-hybridized carbons (Fsp3) is 0.533. The number of benzene rings is 1. The molecular formula is C15H23N3O2. The van der Waals surface area contributed by atoms with Gasteiger partial charge in [-0.25, -0.2) is 0 Å². The molecule has 1 fully saturated rings. The van der Waals surface area contributed by atoms with Crippen LogP contribution in [0, 0.1) is 0 Å². The molecular weight excluding hydrogens is 254 g/mol. The van der Waals surface area contributed by atoms with E-state index in [4.69, 9.17) is 10.5 Å². The number of nitrogens with two attached hydrogens (primary N) is 1. The highest BCUT2D eigenvalue weighted by molar-refractivity contribution is 5.94. The second-order valence-corrected chi connectivity index (χ2v) is 5.00. The predicted octanol–water partition coefficient (Wildman–Crippen LogP) is 0.802. The SMILES string of the molecule is COc1ccc(C(=O)N2CCN(CCCN)CC2)cc1. The number of nitrogens with zero attached hydrogens (tertiary/aromatic N) is 2. The molecule has 1 saturated heterocycles. The van der Waals surface area contributed by atoms with Crippen molar-refractivity contribution in [3.8, 4) is 5.75 Å². The number of hydrogen-bond acceptors (Lipinski definition) is 4. The Morgan fingerprint density at radius 1 is 1.20 bits per heavy atom. The Bertz CT molecular complexity index is 425. The minimum absolute atomic E-state index is 0.103. The van der Waals surface area contributed by atoms with Gasteiger partial charge in [-0.05, 0) is 43.8 Å². The number of carbonyl (C=O) groups is 1. The van der Waals surface area contributed by atoms with E-state index in [1.165, 1.54) is 0 Å². The Labute approximate surface area is 120 Å². The van der Waals surface area contributed by atoms with Gasteiger partial charge in [-0.2, -0.15) is 0 Å². The Hall–Kier alpha value is -1.59. The van der Waals surface area contributed by atoms with Crippen LogP contribution >= 0.6 is 0 Å². The fourth-order valence-corrected chi connectivity index (χ4v) is 2.41. The van der Waals surface area contributed by atoms with Crippen LogP contribution < -0.4 is 10.5 Å². The van der Waals surface area contributed by atoms with Crippen molar-refractivity contribution in [2.24, 2.45) is 5.73 Å². The number of hydrogen-bond donors (Lipinski definition) is 1. The van der Waals surface area contributed by atoms with Gasteiger partial charge in [0, 0.05) is 31.7 Å². The van der Waals surface area contributed by atoms with E-state index in [-0.39, 0.29) is 5.91 Å². The number of carbonyl (C=O) groups excluding carboxylic acids is 1. The van der Waals surface area contributed by atoms with Crippen molar-refractivity contribution < 1.29 is 9.53 Å². The molecule has 5 heteroatoms. The highest BCUT2D eigenvalue weighted by Crippen LogP contribution is 2.14. The van der Waals surface area contributed by atoms with Gasteiger partial charge in [0.1, 0.15) is 5.75 Å². The van der Waals surface area contributed by atoms with Gasteiger partial charge in [0.2, 0.25) is 0 Å². The molecule has 0 saturated carbocycles. The number of amides is 1. The molecule has 110 valence electrons. The molecule has 0 atom stereocenters. The lowest BCUT2D eigenvalue weighted by atomic mass is 10.1. The molecule has 1 amide bonds. The quantitative estimate of drug-likeness (QED) is 0.865. The molecule has 20 heavy (non-hydrogen) atoms. The molecule has 5 nitrogen and oxygen atoms in total. The lowest BCUT2D eigenvalue weighted by Gasteiger charge is -2.34. The molecule has 0 aromatic heterocycles. The van der Waals surface area contributed by atoms with Crippen molar-refractivity contribution in [3.05, 3.63) is 29.8 Å². The largest absolute Gasteiger partial charge is 0.497 e. The van der Waals surface area contributed by atoms with Gasteiger partial charge in [-0.1, -0.05) is 0 Å². The first-order valence-corrected chi connectivity index (χ1v) is 7.10. The fourth-order valence-electron chi connectivity index (χ4n) is 2.41. The van der Waals surface area contributed by atoms with Gasteiger partial charge in [0.15, 0.2) is 0 Å². The number of rotatable bonds is 5. The Kier molecular flexibility index (Phi) is 5.38. The summed E-state index contributed by atoms with van der Waals surface area (Å²) >= 11 is 0. The summed E-state index contributed by atoms with van der Waals surface area (Å²) in [4.78, 5) is 16.6. The molecule has 0 radical (unpaired) electrons. The Balaban J connectivity index is 1.87. The van der Waals surface area contributed by atoms with Crippen LogP contribution in [0.5, 0.6) is 5.75 Å². The third kappa shape index (κ3) is 3.71. The molecule has 0 aliphatic carbocycles. The first-order chi connectivity index (χ1) is 9.74. The van der Waals surface area contributed by atoms with Gasteiger partial charge < -0.3 is 15.4 Å². The molecule has 1 aliphatic rings. The van der Waals surface area contributed by atoms with Gasteiger partial charge in [-0.15, -0.1) is 0 Å². The molecule has 1 heterocycles. The monoisotopic (exact) mass is 277 g/mol. The van der Waals surface area contributed by atoms with Gasteiger partial charge in [0.25, 0.3) is 5.91 Å². The summed E-state index contributed by atoms with van der Waals surface area (Å²) in [6.45, 7) is 5.20. The standard InChI is InChI=1S/C15H23N3O2/c1-20-14-5-3-13(4-6-14)15(19)18-11-9-17(10-12-18)8-2-7-16/h3-6H,2,7-12,16H2,1H3. The van der Waals surface area contributed by atoms with Gasteiger partial charge in [-0.3, -0.25) is 9.69 Å². The van der Waals surface area contributed by atoms with Crippen molar-refractivity contribution in [1.82, 2.24) is 9.80 Å². The van der Waals surface area contributed by atoms with Crippen LogP contribution in [0.25, 0.3) is 0 Å². The van der Waals surface area contributed by atoms with E-state index < -0.39 is 0 Å². The minimum Gasteiger partial charge on any atom is -0.497 e. The smallest absolute Gasteiger partial charge is 0.253 e. The van der Waals surface area contributed by atoms with Crippen molar-refractivity contribution >= 4 is 5.91 Å². The van der Waals surface area contributed by atoms with Gasteiger partial charge >= 0.3 is 0 Å². The number of methoxy groups -OCH3 is 1. The topological polar surface area (TPSA) is 58.8 Å². The van der Waals surface area contributed by atoms with Crippen molar-refractivity contribution in [1.29, 1.82) is 0 Å². The molecule has 0 spiro atoms. The first kappa shape index (κ1) is 14.8. The van der Waals surface area contributed by atoms with Crippen LogP contribution in [-0.4, -0.2) is 62.1 Å². The summed E-state index contributed by atoms with van der Waals surface area (Å²) in [5, 5.41) is 0. The van der Waals surface area contributed by atoms with E-state index in [1.54, 1.807) is 7.11 Å². The summed E-state index contributed by atoms with van der Waals surface area (Å²) in [6, 6.07) is 7.29. The zero-order chi connectivity index (χ0) is 14.4. The third-order valence-corrected chi connectivity index (χ3v) is 3.67. The maximum absolute atomic E-state index is 12.4. The molecule has 1 aliphatic heterocycles. The minimum atomic E-state index is 0.103. The molecule has 2 N–H and O–H groups in total. The molecule has 0 bridgehead atoms. The average molecular weight is 277 g/mol. The van der Waals surface area contributed by atoms with Crippen LogP contribution in [0.4, 0.5) is 0 Å². The van der Waals surface area contributed by atoms with Crippen molar-refractivity contribution in [3.63, 3.8) is 0 Å². The van der Waals surface area contributed by atoms with Crippen LogP contribution in [0.1, 0.15) is 16.8 Å². The van der Waals surface area contributed by atoms with E-state index in [1.807, 2.05) is 29.2 Å². The molecule has 1 aromatic rings. The summed E-state index contributed by atoms with van der Waals surface area (Å²) in [6.07, 6.45) is 1.02. The Morgan fingerprint density at radius 3 is 2.40 bits per heavy atom. The van der Waals surface area contributed by atoms with E-state index >= 15 is 0 Å². The first-order valence-electron chi connectivity index (χ1n) is 7.10. The lowest BCUT2D eigenvalue weighted by Crippen LogP contribution is -2.49.